The highest BCUT2D eigenvalue weighted by Crippen LogP contribution is 2.32. The van der Waals surface area contributed by atoms with E-state index in [-0.39, 0.29) is 35.3 Å². The van der Waals surface area contributed by atoms with Gasteiger partial charge in [-0.25, -0.2) is 19.2 Å². The van der Waals surface area contributed by atoms with Gasteiger partial charge in [0.1, 0.15) is 18.8 Å². The molecule has 0 aliphatic carbocycles. The van der Waals surface area contributed by atoms with Crippen molar-refractivity contribution in [2.24, 2.45) is 0 Å². The van der Waals surface area contributed by atoms with E-state index in [0.717, 1.165) is 0 Å². The normalized spacial score (nSPS) is 20.6. The molecule has 1 saturated heterocycles. The molecule has 0 radical (unpaired) electrons. The van der Waals surface area contributed by atoms with E-state index in [1.165, 1.54) is 0 Å². The highest BCUT2D eigenvalue weighted by molar-refractivity contribution is 5.91. The summed E-state index contributed by atoms with van der Waals surface area (Å²) >= 11 is 0. The van der Waals surface area contributed by atoms with Gasteiger partial charge in [-0.3, -0.25) is 0 Å². The van der Waals surface area contributed by atoms with E-state index in [1.54, 1.807) is 121 Å². The van der Waals surface area contributed by atoms with Gasteiger partial charge >= 0.3 is 23.9 Å². The lowest BCUT2D eigenvalue weighted by Gasteiger charge is -2.44. The zero-order valence-corrected chi connectivity index (χ0v) is 24.7. The van der Waals surface area contributed by atoms with E-state index in [0.29, 0.717) is 0 Å². The second kappa shape index (κ2) is 15.6. The topological polar surface area (TPSA) is 135 Å². The molecule has 46 heavy (non-hydrogen) atoms. The number of ether oxygens (including phenoxy) is 5. The maximum atomic E-state index is 13.5. The largest absolute Gasteiger partial charge is 0.459 e. The van der Waals surface area contributed by atoms with Crippen molar-refractivity contribution in [1.29, 1.82) is 0 Å². The van der Waals surface area contributed by atoms with Crippen LogP contribution >= 0.6 is 0 Å². The minimum absolute atomic E-state index is 0.0470. The lowest BCUT2D eigenvalue weighted by molar-refractivity contribution is -0.231. The molecule has 1 fully saturated rings. The van der Waals surface area contributed by atoms with Gasteiger partial charge in [0.15, 0.2) is 18.3 Å². The van der Waals surface area contributed by atoms with Crippen LogP contribution in [0.1, 0.15) is 47.9 Å². The van der Waals surface area contributed by atoms with E-state index in [9.17, 15) is 24.3 Å². The average molecular weight is 625 g/mol. The molecule has 236 valence electrons. The smallest absolute Gasteiger partial charge is 0.338 e. The molecule has 0 amide bonds. The Bertz CT molecular complexity index is 1600. The van der Waals surface area contributed by atoms with Gasteiger partial charge in [0.2, 0.25) is 0 Å². The predicted octanol–water partition coefficient (Wildman–Crippen LogP) is 4.67. The second-order valence-electron chi connectivity index (χ2n) is 10.4. The molecule has 1 aliphatic heterocycles. The third-order valence-electron chi connectivity index (χ3n) is 7.29. The van der Waals surface area contributed by atoms with Crippen LogP contribution in [0.2, 0.25) is 0 Å². The Hall–Kier alpha value is -5.32. The first-order valence-electron chi connectivity index (χ1n) is 14.7. The number of carbonyl (C=O) groups excluding carboxylic acids is 4. The molecular weight excluding hydrogens is 592 g/mol. The molecule has 1 N–H and O–H groups in total. The maximum absolute atomic E-state index is 13.5. The third kappa shape index (κ3) is 8.03. The van der Waals surface area contributed by atoms with Crippen LogP contribution < -0.4 is 0 Å². The summed E-state index contributed by atoms with van der Waals surface area (Å²) < 4.78 is 29.6. The van der Waals surface area contributed by atoms with Crippen molar-refractivity contribution >= 4 is 23.9 Å². The lowest BCUT2D eigenvalue weighted by Crippen LogP contribution is -2.62. The summed E-state index contributed by atoms with van der Waals surface area (Å²) in [6.45, 7) is -0.796. The Morgan fingerprint density at radius 2 is 0.848 bits per heavy atom. The molecule has 0 aromatic heterocycles. The summed E-state index contributed by atoms with van der Waals surface area (Å²) in [6.07, 6.45) is -6.45. The Balaban J connectivity index is 1.52. The van der Waals surface area contributed by atoms with Crippen LogP contribution in [0.5, 0.6) is 0 Å². The molecule has 4 aromatic rings. The van der Waals surface area contributed by atoms with Gasteiger partial charge in [-0.05, 0) is 48.5 Å². The quantitative estimate of drug-likeness (QED) is 0.185. The summed E-state index contributed by atoms with van der Waals surface area (Å²) in [5.41, 5.74) is 0.895. The van der Waals surface area contributed by atoms with Crippen LogP contribution in [0.25, 0.3) is 0 Å². The van der Waals surface area contributed by atoms with E-state index < -0.39 is 61.0 Å². The van der Waals surface area contributed by atoms with Crippen molar-refractivity contribution in [2.45, 2.75) is 36.9 Å². The maximum Gasteiger partial charge on any atom is 0.338 e. The van der Waals surface area contributed by atoms with Gasteiger partial charge < -0.3 is 28.8 Å². The van der Waals surface area contributed by atoms with Crippen LogP contribution in [0, 0.1) is 0 Å². The molecule has 10 nitrogen and oxygen atoms in total. The van der Waals surface area contributed by atoms with Crippen molar-refractivity contribution in [3.63, 3.8) is 0 Å². The van der Waals surface area contributed by atoms with Crippen LogP contribution in [-0.4, -0.2) is 72.7 Å². The summed E-state index contributed by atoms with van der Waals surface area (Å²) in [5, 5.41) is 9.95. The number of benzene rings is 4. The molecule has 0 saturated carbocycles. The van der Waals surface area contributed by atoms with Gasteiger partial charge in [-0.15, -0.1) is 0 Å². The Morgan fingerprint density at radius 3 is 1.24 bits per heavy atom. The zero-order valence-electron chi connectivity index (χ0n) is 24.7. The number of hydrogen-bond donors (Lipinski definition) is 1. The van der Waals surface area contributed by atoms with Gasteiger partial charge in [0.05, 0.1) is 22.3 Å². The van der Waals surface area contributed by atoms with Gasteiger partial charge in [0, 0.05) is 13.0 Å². The number of aliphatic hydroxyl groups is 1. The van der Waals surface area contributed by atoms with Crippen LogP contribution in [0.4, 0.5) is 0 Å². The summed E-state index contributed by atoms with van der Waals surface area (Å²) in [7, 11) is 0. The average Bonchev–Trinajstić information content (AvgIpc) is 3.11. The Labute approximate surface area is 265 Å². The second-order valence-corrected chi connectivity index (χ2v) is 10.4. The first-order chi connectivity index (χ1) is 22.4. The summed E-state index contributed by atoms with van der Waals surface area (Å²) in [4.78, 5) is 53.0. The molecule has 10 heteroatoms. The highest BCUT2D eigenvalue weighted by Gasteiger charge is 2.52. The molecule has 4 aromatic carbocycles. The molecule has 5 rings (SSSR count). The number of rotatable bonds is 11. The molecule has 1 aliphatic rings. The fraction of sp³-hybridized carbons (Fsp3) is 0.222. The molecule has 0 bridgehead atoms. The van der Waals surface area contributed by atoms with Crippen LogP contribution in [0.15, 0.2) is 121 Å². The standard InChI is InChI=1S/C36H32O10/c37-22-21-28-30(44-34(39)25-15-7-2-8-16-25)32(46-36(41)27-19-11-4-12-20-27)31(45-35(40)26-17-9-3-10-18-26)29(43-28)23-42-33(38)24-13-5-1-6-14-24/h1-20,28-32,37H,21-23H2/t28-,29+,30-,31-,32+/m0/s1. The monoisotopic (exact) mass is 624 g/mol. The first-order valence-corrected chi connectivity index (χ1v) is 14.7. The van der Waals surface area contributed by atoms with E-state index in [4.69, 9.17) is 23.7 Å². The van der Waals surface area contributed by atoms with Crippen molar-refractivity contribution in [1.82, 2.24) is 0 Å². The van der Waals surface area contributed by atoms with Gasteiger partial charge in [-0.2, -0.15) is 0 Å². The minimum Gasteiger partial charge on any atom is -0.459 e. The summed E-state index contributed by atoms with van der Waals surface area (Å²) in [5.74, 6) is -2.97. The fourth-order valence-electron chi connectivity index (χ4n) is 5.02. The molecule has 0 spiro atoms. The fourth-order valence-corrected chi connectivity index (χ4v) is 5.02. The first kappa shape index (κ1) is 32.1. The Kier molecular flexibility index (Phi) is 10.9. The van der Waals surface area contributed by atoms with Crippen molar-refractivity contribution in [3.05, 3.63) is 144 Å². The van der Waals surface area contributed by atoms with E-state index >= 15 is 0 Å². The van der Waals surface area contributed by atoms with E-state index in [2.05, 4.69) is 0 Å². The SMILES string of the molecule is O=C(OC[C@H]1O[C@@H](CCO)[C@H](OC(=O)c2ccccc2)[C@@H](OC(=O)c2ccccc2)[C@H]1OC(=O)c1ccccc1)c1ccccc1. The number of esters is 4. The van der Waals surface area contributed by atoms with Crippen LogP contribution in [-0.2, 0) is 23.7 Å². The number of carbonyl (C=O) groups is 4. The van der Waals surface area contributed by atoms with E-state index in [1.807, 2.05) is 0 Å². The van der Waals surface area contributed by atoms with Crippen LogP contribution in [0.3, 0.4) is 0 Å². The molecular formula is C36H32O10. The number of aliphatic hydroxyl groups excluding tert-OH is 1. The summed E-state index contributed by atoms with van der Waals surface area (Å²) in [6, 6.07) is 32.7. The van der Waals surface area contributed by atoms with Crippen molar-refractivity contribution < 1.29 is 48.0 Å². The van der Waals surface area contributed by atoms with Crippen molar-refractivity contribution in [3.8, 4) is 0 Å². The van der Waals surface area contributed by atoms with Gasteiger partial charge in [-0.1, -0.05) is 72.8 Å². The highest BCUT2D eigenvalue weighted by atomic mass is 16.7. The lowest BCUT2D eigenvalue weighted by atomic mass is 9.92. The zero-order chi connectivity index (χ0) is 32.3. The van der Waals surface area contributed by atoms with Crippen molar-refractivity contribution in [2.75, 3.05) is 13.2 Å². The molecule has 0 unspecified atom stereocenters. The third-order valence-corrected chi connectivity index (χ3v) is 7.29. The Morgan fingerprint density at radius 1 is 0.500 bits per heavy atom. The number of hydrogen-bond acceptors (Lipinski definition) is 10. The van der Waals surface area contributed by atoms with Gasteiger partial charge in [0.25, 0.3) is 0 Å². The predicted molar refractivity (Wildman–Crippen MR) is 164 cm³/mol. The molecule has 5 atom stereocenters. The molecule has 1 heterocycles. The minimum atomic E-state index is -1.43.